The number of aryl methyl sites for hydroxylation is 1. The van der Waals surface area contributed by atoms with Crippen LogP contribution in [0.1, 0.15) is 30.0 Å². The van der Waals surface area contributed by atoms with Crippen LogP contribution in [0.15, 0.2) is 72.9 Å². The molecule has 3 aromatic heterocycles. The number of aromatic amines is 1. The topological polar surface area (TPSA) is 99.9 Å². The first-order valence-electron chi connectivity index (χ1n) is 10.4. The summed E-state index contributed by atoms with van der Waals surface area (Å²) in [6.07, 6.45) is 2.64. The van der Waals surface area contributed by atoms with Crippen molar-refractivity contribution in [1.82, 2.24) is 35.2 Å². The first kappa shape index (κ1) is 19.7. The number of hydrogen-bond acceptors (Lipinski definition) is 7. The Labute approximate surface area is 185 Å². The zero-order valence-electron chi connectivity index (χ0n) is 17.8. The van der Waals surface area contributed by atoms with Gasteiger partial charge < -0.3 is 10.2 Å². The third-order valence-electron chi connectivity index (χ3n) is 5.42. The molecule has 5 rings (SSSR count). The van der Waals surface area contributed by atoms with Gasteiger partial charge in [0.2, 0.25) is 5.82 Å². The Kier molecular flexibility index (Phi) is 5.20. The predicted molar refractivity (Wildman–Crippen MR) is 123 cm³/mol. The molecule has 1 atom stereocenters. The Morgan fingerprint density at radius 1 is 1.06 bits per heavy atom. The number of hydrogen-bond donors (Lipinski definition) is 2. The fraction of sp³-hybridized carbons (Fsp3) is 0.174. The average molecular weight is 426 g/mol. The van der Waals surface area contributed by atoms with Crippen molar-refractivity contribution in [3.63, 3.8) is 0 Å². The molecule has 0 saturated carbocycles. The molecule has 0 bridgehead atoms. The maximum atomic E-state index is 4.63. The number of nitrogens with zero attached hydrogens (tertiary/aromatic N) is 7. The van der Waals surface area contributed by atoms with Gasteiger partial charge in [-0.1, -0.05) is 42.5 Å². The summed E-state index contributed by atoms with van der Waals surface area (Å²) in [6, 6.07) is 22.1. The highest BCUT2D eigenvalue weighted by Crippen LogP contribution is 2.28. The standard InChI is InChI=1S/C23H23N9/c1-3-17-15-21(32-20(25-17)13-14-24-32)31(2)19-11-9-18(10-12-19)26-22(23-27-29-30-28-23)16-7-5-4-6-8-16/h4-15,22,26H,3H2,1-2H3,(H,27,28,29,30). The van der Waals surface area contributed by atoms with Gasteiger partial charge in [-0.25, -0.2) is 4.98 Å². The molecular formula is C23H23N9. The molecule has 5 aromatic rings. The van der Waals surface area contributed by atoms with Crippen LogP contribution in [0.5, 0.6) is 0 Å². The summed E-state index contributed by atoms with van der Waals surface area (Å²) >= 11 is 0. The summed E-state index contributed by atoms with van der Waals surface area (Å²) in [5.41, 5.74) is 4.92. The van der Waals surface area contributed by atoms with Crippen LogP contribution in [-0.2, 0) is 6.42 Å². The van der Waals surface area contributed by atoms with E-state index in [1.807, 2.05) is 60.1 Å². The van der Waals surface area contributed by atoms with Gasteiger partial charge in [0.15, 0.2) is 5.65 Å². The molecule has 3 heterocycles. The van der Waals surface area contributed by atoms with E-state index >= 15 is 0 Å². The summed E-state index contributed by atoms with van der Waals surface area (Å²) < 4.78 is 1.85. The normalized spacial score (nSPS) is 12.1. The molecule has 0 radical (unpaired) electrons. The van der Waals surface area contributed by atoms with E-state index in [1.54, 1.807) is 6.20 Å². The van der Waals surface area contributed by atoms with Crippen LogP contribution in [0.4, 0.5) is 17.2 Å². The lowest BCUT2D eigenvalue weighted by molar-refractivity contribution is 0.835. The molecule has 0 amide bonds. The van der Waals surface area contributed by atoms with Crippen molar-refractivity contribution in [2.24, 2.45) is 0 Å². The first-order chi connectivity index (χ1) is 15.7. The number of nitrogens with one attached hydrogen (secondary N) is 2. The largest absolute Gasteiger partial charge is 0.371 e. The van der Waals surface area contributed by atoms with Crippen LogP contribution in [0.3, 0.4) is 0 Å². The Morgan fingerprint density at radius 2 is 1.88 bits per heavy atom. The molecule has 0 aliphatic rings. The molecular weight excluding hydrogens is 402 g/mol. The monoisotopic (exact) mass is 425 g/mol. The second-order valence-corrected chi connectivity index (χ2v) is 7.42. The van der Waals surface area contributed by atoms with Crippen LogP contribution >= 0.6 is 0 Å². The Hall–Kier alpha value is -4.27. The molecule has 32 heavy (non-hydrogen) atoms. The molecule has 2 aromatic carbocycles. The molecule has 9 nitrogen and oxygen atoms in total. The van der Waals surface area contributed by atoms with Crippen LogP contribution in [0.25, 0.3) is 5.65 Å². The molecule has 0 fully saturated rings. The van der Waals surface area contributed by atoms with Gasteiger partial charge in [-0.3, -0.25) is 0 Å². The van der Waals surface area contributed by atoms with E-state index in [2.05, 4.69) is 66.0 Å². The first-order valence-corrected chi connectivity index (χ1v) is 10.4. The number of anilines is 3. The third-order valence-corrected chi connectivity index (χ3v) is 5.42. The molecule has 160 valence electrons. The Balaban J connectivity index is 1.42. The number of rotatable bonds is 7. The van der Waals surface area contributed by atoms with Crippen molar-refractivity contribution in [3.8, 4) is 0 Å². The maximum Gasteiger partial charge on any atom is 0.201 e. The van der Waals surface area contributed by atoms with Gasteiger partial charge in [-0.05, 0) is 36.2 Å². The zero-order valence-corrected chi connectivity index (χ0v) is 17.8. The molecule has 2 N–H and O–H groups in total. The number of aromatic nitrogens is 7. The van der Waals surface area contributed by atoms with Crippen LogP contribution in [-0.4, -0.2) is 42.3 Å². The van der Waals surface area contributed by atoms with Crippen LogP contribution < -0.4 is 10.2 Å². The summed E-state index contributed by atoms with van der Waals surface area (Å²) in [7, 11) is 2.03. The third kappa shape index (κ3) is 3.76. The summed E-state index contributed by atoms with van der Waals surface area (Å²) in [4.78, 5) is 6.74. The van der Waals surface area contributed by atoms with Crippen molar-refractivity contribution in [2.75, 3.05) is 17.3 Å². The minimum Gasteiger partial charge on any atom is -0.371 e. The average Bonchev–Trinajstić information content (AvgIpc) is 3.54. The van der Waals surface area contributed by atoms with E-state index in [-0.39, 0.29) is 6.04 Å². The van der Waals surface area contributed by atoms with Crippen molar-refractivity contribution in [1.29, 1.82) is 0 Å². The second-order valence-electron chi connectivity index (χ2n) is 7.42. The molecule has 1 unspecified atom stereocenters. The summed E-state index contributed by atoms with van der Waals surface area (Å²) in [5, 5.41) is 22.6. The van der Waals surface area contributed by atoms with Gasteiger partial charge in [-0.15, -0.1) is 10.2 Å². The minimum absolute atomic E-state index is 0.213. The lowest BCUT2D eigenvalue weighted by Crippen LogP contribution is -2.16. The number of fused-ring (bicyclic) bond motifs is 1. The van der Waals surface area contributed by atoms with Gasteiger partial charge in [0.05, 0.1) is 6.20 Å². The van der Waals surface area contributed by atoms with Crippen molar-refractivity contribution < 1.29 is 0 Å². The lowest BCUT2D eigenvalue weighted by atomic mass is 10.1. The molecule has 0 saturated heterocycles. The molecule has 0 aliphatic heterocycles. The van der Waals surface area contributed by atoms with Crippen molar-refractivity contribution in [2.45, 2.75) is 19.4 Å². The maximum absolute atomic E-state index is 4.63. The van der Waals surface area contributed by atoms with Crippen molar-refractivity contribution >= 4 is 22.8 Å². The highest BCUT2D eigenvalue weighted by atomic mass is 15.5. The van der Waals surface area contributed by atoms with Crippen LogP contribution in [0, 0.1) is 0 Å². The van der Waals surface area contributed by atoms with Gasteiger partial charge in [0, 0.05) is 36.2 Å². The smallest absolute Gasteiger partial charge is 0.201 e. The minimum atomic E-state index is -0.213. The fourth-order valence-corrected chi connectivity index (χ4v) is 3.68. The van der Waals surface area contributed by atoms with Gasteiger partial charge in [-0.2, -0.15) is 14.8 Å². The van der Waals surface area contributed by atoms with E-state index in [4.69, 9.17) is 0 Å². The predicted octanol–water partition coefficient (Wildman–Crippen LogP) is 3.77. The Bertz CT molecular complexity index is 1290. The summed E-state index contributed by atoms with van der Waals surface area (Å²) in [5.74, 6) is 1.55. The van der Waals surface area contributed by atoms with E-state index in [1.165, 1.54) is 0 Å². The van der Waals surface area contributed by atoms with Gasteiger partial charge in [0.1, 0.15) is 11.9 Å². The molecule has 0 aliphatic carbocycles. The second kappa shape index (κ2) is 8.46. The van der Waals surface area contributed by atoms with E-state index in [9.17, 15) is 0 Å². The number of tetrazole rings is 1. The zero-order chi connectivity index (χ0) is 21.9. The quantitative estimate of drug-likeness (QED) is 0.409. The SMILES string of the molecule is CCc1cc(N(C)c2ccc(NC(c3ccccc3)c3nn[nH]n3)cc2)n2nccc2n1. The van der Waals surface area contributed by atoms with Crippen LogP contribution in [0.2, 0.25) is 0 Å². The molecule has 0 spiro atoms. The lowest BCUT2D eigenvalue weighted by Gasteiger charge is -2.22. The van der Waals surface area contributed by atoms with E-state index in [0.717, 1.165) is 40.5 Å². The fourth-order valence-electron chi connectivity index (χ4n) is 3.68. The van der Waals surface area contributed by atoms with Gasteiger partial charge >= 0.3 is 0 Å². The highest BCUT2D eigenvalue weighted by molar-refractivity contribution is 5.65. The molecule has 9 heteroatoms. The van der Waals surface area contributed by atoms with E-state index < -0.39 is 0 Å². The Morgan fingerprint density at radius 3 is 2.59 bits per heavy atom. The summed E-state index contributed by atoms with van der Waals surface area (Å²) in [6.45, 7) is 2.10. The number of H-pyrrole nitrogens is 1. The van der Waals surface area contributed by atoms with Crippen molar-refractivity contribution in [3.05, 3.63) is 90.0 Å². The highest BCUT2D eigenvalue weighted by Gasteiger charge is 2.19. The number of benzene rings is 2. The van der Waals surface area contributed by atoms with Gasteiger partial charge in [0.25, 0.3) is 0 Å². The van der Waals surface area contributed by atoms with E-state index in [0.29, 0.717) is 5.82 Å².